The van der Waals surface area contributed by atoms with Gasteiger partial charge in [0.25, 0.3) is 0 Å². The smallest absolute Gasteiger partial charge is 0.333 e. The highest BCUT2D eigenvalue weighted by Gasteiger charge is 2.02. The normalized spacial score (nSPS) is 11.2. The van der Waals surface area contributed by atoms with Crippen molar-refractivity contribution in [2.24, 2.45) is 0 Å². The molecule has 0 amide bonds. The summed E-state index contributed by atoms with van der Waals surface area (Å²) in [6, 6.07) is 7.83. The monoisotopic (exact) mass is 249 g/mol. The second kappa shape index (κ2) is 7.50. The van der Waals surface area contributed by atoms with Gasteiger partial charge in [0.1, 0.15) is 5.75 Å². The highest BCUT2D eigenvalue weighted by Crippen LogP contribution is 2.16. The lowest BCUT2D eigenvalue weighted by atomic mass is 10.2. The molecule has 0 aliphatic heterocycles. The number of ether oxygens (including phenoxy) is 2. The Hall–Kier alpha value is -1.81. The molecule has 0 radical (unpaired) electrons. The summed E-state index contributed by atoms with van der Waals surface area (Å²) in [5.74, 6) is 0.563. The van der Waals surface area contributed by atoms with E-state index in [1.54, 1.807) is 20.1 Å². The van der Waals surface area contributed by atoms with E-state index in [4.69, 9.17) is 4.74 Å². The van der Waals surface area contributed by atoms with Crippen LogP contribution in [0.4, 0.5) is 0 Å². The topological polar surface area (TPSA) is 47.6 Å². The minimum absolute atomic E-state index is 0.297. The molecule has 4 heteroatoms. The van der Waals surface area contributed by atoms with Crippen LogP contribution in [0.5, 0.6) is 5.75 Å². The maximum atomic E-state index is 11.1. The van der Waals surface area contributed by atoms with E-state index in [-0.39, 0.29) is 5.97 Å². The molecule has 0 unspecified atom stereocenters. The van der Waals surface area contributed by atoms with E-state index in [0.29, 0.717) is 18.7 Å². The van der Waals surface area contributed by atoms with E-state index in [1.807, 2.05) is 24.3 Å². The van der Waals surface area contributed by atoms with Crippen LogP contribution in [0.3, 0.4) is 0 Å². The van der Waals surface area contributed by atoms with Crippen molar-refractivity contribution in [3.05, 3.63) is 41.5 Å². The second-order valence-corrected chi connectivity index (χ2v) is 3.82. The molecular weight excluding hydrogens is 230 g/mol. The molecule has 18 heavy (non-hydrogen) atoms. The summed E-state index contributed by atoms with van der Waals surface area (Å²) in [5, 5.41) is 3.22. The van der Waals surface area contributed by atoms with Gasteiger partial charge in [-0.15, -0.1) is 0 Å². The first kappa shape index (κ1) is 14.3. The standard InChI is InChI=1S/C14H19NO3/c1-11(14(16)18-3)8-9-15-10-12-6-4-5-7-13(12)17-2/h4-8,15H,9-10H2,1-3H3/b11-8+. The minimum atomic E-state index is -0.297. The molecule has 1 aromatic carbocycles. The summed E-state index contributed by atoms with van der Waals surface area (Å²) in [5.41, 5.74) is 1.69. The van der Waals surface area contributed by atoms with Crippen molar-refractivity contribution < 1.29 is 14.3 Å². The van der Waals surface area contributed by atoms with E-state index < -0.39 is 0 Å². The lowest BCUT2D eigenvalue weighted by molar-refractivity contribution is -0.136. The predicted octanol–water partition coefficient (Wildman–Crippen LogP) is 1.90. The first-order valence-electron chi connectivity index (χ1n) is 5.76. The fourth-order valence-electron chi connectivity index (χ4n) is 1.53. The molecule has 98 valence electrons. The zero-order valence-corrected chi connectivity index (χ0v) is 11.0. The first-order valence-corrected chi connectivity index (χ1v) is 5.76. The SMILES string of the molecule is COC(=O)/C(C)=C/CNCc1ccccc1OC. The zero-order valence-electron chi connectivity index (χ0n) is 11.0. The number of hydrogen-bond acceptors (Lipinski definition) is 4. The molecule has 1 rings (SSSR count). The van der Waals surface area contributed by atoms with Crippen LogP contribution in [0, 0.1) is 0 Å². The molecule has 1 N–H and O–H groups in total. The van der Waals surface area contributed by atoms with Gasteiger partial charge in [0.05, 0.1) is 14.2 Å². The van der Waals surface area contributed by atoms with Gasteiger partial charge in [0.2, 0.25) is 0 Å². The summed E-state index contributed by atoms with van der Waals surface area (Å²) in [7, 11) is 3.03. The number of nitrogens with one attached hydrogen (secondary N) is 1. The fourth-order valence-corrected chi connectivity index (χ4v) is 1.53. The van der Waals surface area contributed by atoms with Crippen LogP contribution in [0.1, 0.15) is 12.5 Å². The van der Waals surface area contributed by atoms with Gasteiger partial charge in [-0.2, -0.15) is 0 Å². The molecule has 0 aliphatic rings. The molecule has 0 aliphatic carbocycles. The van der Waals surface area contributed by atoms with E-state index in [0.717, 1.165) is 11.3 Å². The Morgan fingerprint density at radius 3 is 2.72 bits per heavy atom. The van der Waals surface area contributed by atoms with Crippen molar-refractivity contribution in [2.45, 2.75) is 13.5 Å². The molecule has 0 saturated heterocycles. The van der Waals surface area contributed by atoms with Crippen LogP contribution in [0.15, 0.2) is 35.9 Å². The summed E-state index contributed by atoms with van der Waals surface area (Å²) < 4.78 is 9.86. The molecular formula is C14H19NO3. The highest BCUT2D eigenvalue weighted by molar-refractivity contribution is 5.87. The molecule has 0 atom stereocenters. The van der Waals surface area contributed by atoms with Crippen LogP contribution in [0.2, 0.25) is 0 Å². The van der Waals surface area contributed by atoms with Crippen LogP contribution < -0.4 is 10.1 Å². The predicted molar refractivity (Wildman–Crippen MR) is 70.5 cm³/mol. The summed E-state index contributed by atoms with van der Waals surface area (Å²) in [6.07, 6.45) is 1.81. The van der Waals surface area contributed by atoms with Gasteiger partial charge in [-0.3, -0.25) is 0 Å². The quantitative estimate of drug-likeness (QED) is 0.475. The van der Waals surface area contributed by atoms with Gasteiger partial charge in [-0.1, -0.05) is 24.3 Å². The maximum absolute atomic E-state index is 11.1. The maximum Gasteiger partial charge on any atom is 0.333 e. The van der Waals surface area contributed by atoms with Gasteiger partial charge < -0.3 is 14.8 Å². The van der Waals surface area contributed by atoms with Crippen LogP contribution in [-0.2, 0) is 16.1 Å². The Morgan fingerprint density at radius 1 is 1.33 bits per heavy atom. The Bertz CT molecular complexity index is 427. The lowest BCUT2D eigenvalue weighted by Crippen LogP contribution is -2.15. The number of esters is 1. The number of methoxy groups -OCH3 is 2. The second-order valence-electron chi connectivity index (χ2n) is 3.82. The summed E-state index contributed by atoms with van der Waals surface area (Å²) in [4.78, 5) is 11.1. The van der Waals surface area contributed by atoms with Crippen molar-refractivity contribution in [3.63, 3.8) is 0 Å². The fraction of sp³-hybridized carbons (Fsp3) is 0.357. The van der Waals surface area contributed by atoms with E-state index >= 15 is 0 Å². The Kier molecular flexibility index (Phi) is 5.94. The van der Waals surface area contributed by atoms with Crippen molar-refractivity contribution in [1.82, 2.24) is 5.32 Å². The van der Waals surface area contributed by atoms with Crippen LogP contribution in [0.25, 0.3) is 0 Å². The number of rotatable bonds is 6. The molecule has 1 aromatic rings. The van der Waals surface area contributed by atoms with Gasteiger partial charge in [0.15, 0.2) is 0 Å². The lowest BCUT2D eigenvalue weighted by Gasteiger charge is -2.08. The largest absolute Gasteiger partial charge is 0.496 e. The van der Waals surface area contributed by atoms with Gasteiger partial charge in [-0.05, 0) is 13.0 Å². The van der Waals surface area contributed by atoms with Gasteiger partial charge in [0, 0.05) is 24.2 Å². The number of para-hydroxylation sites is 1. The van der Waals surface area contributed by atoms with E-state index in [9.17, 15) is 4.79 Å². The highest BCUT2D eigenvalue weighted by atomic mass is 16.5. The summed E-state index contributed by atoms with van der Waals surface area (Å²) >= 11 is 0. The van der Waals surface area contributed by atoms with Gasteiger partial charge in [-0.25, -0.2) is 4.79 Å². The van der Waals surface area contributed by atoms with Crippen molar-refractivity contribution in [3.8, 4) is 5.75 Å². The Labute approximate surface area is 108 Å². The minimum Gasteiger partial charge on any atom is -0.496 e. The third-order valence-electron chi connectivity index (χ3n) is 2.57. The zero-order chi connectivity index (χ0) is 13.4. The molecule has 4 nitrogen and oxygen atoms in total. The average Bonchev–Trinajstić information content (AvgIpc) is 2.42. The number of carbonyl (C=O) groups is 1. The summed E-state index contributed by atoms with van der Waals surface area (Å²) in [6.45, 7) is 3.03. The molecule has 0 spiro atoms. The number of hydrogen-bond donors (Lipinski definition) is 1. The van der Waals surface area contributed by atoms with Crippen molar-refractivity contribution >= 4 is 5.97 Å². The van der Waals surface area contributed by atoms with Gasteiger partial charge >= 0.3 is 5.97 Å². The first-order chi connectivity index (χ1) is 8.69. The molecule has 0 fully saturated rings. The van der Waals surface area contributed by atoms with Crippen LogP contribution >= 0.6 is 0 Å². The molecule has 0 bridgehead atoms. The van der Waals surface area contributed by atoms with Crippen molar-refractivity contribution in [2.75, 3.05) is 20.8 Å². The van der Waals surface area contributed by atoms with Crippen molar-refractivity contribution in [1.29, 1.82) is 0 Å². The number of carbonyl (C=O) groups excluding carboxylic acids is 1. The average molecular weight is 249 g/mol. The Morgan fingerprint density at radius 2 is 2.06 bits per heavy atom. The molecule has 0 saturated carbocycles. The van der Waals surface area contributed by atoms with E-state index in [2.05, 4.69) is 10.1 Å². The third-order valence-corrected chi connectivity index (χ3v) is 2.57. The van der Waals surface area contributed by atoms with E-state index in [1.165, 1.54) is 7.11 Å². The molecule has 0 aromatic heterocycles. The third kappa shape index (κ3) is 4.22. The Balaban J connectivity index is 2.45. The molecule has 0 heterocycles. The number of benzene rings is 1. The van der Waals surface area contributed by atoms with Crippen LogP contribution in [-0.4, -0.2) is 26.7 Å².